The highest BCUT2D eigenvalue weighted by atomic mass is 127. The molecule has 0 saturated carbocycles. The van der Waals surface area contributed by atoms with Crippen LogP contribution in [0.4, 0.5) is 5.82 Å². The molecule has 1 atom stereocenters. The summed E-state index contributed by atoms with van der Waals surface area (Å²) in [5, 5.41) is 3.34. The van der Waals surface area contributed by atoms with E-state index in [0.29, 0.717) is 5.92 Å². The Kier molecular flexibility index (Phi) is 5.17. The van der Waals surface area contributed by atoms with E-state index in [4.69, 9.17) is 9.72 Å². The van der Waals surface area contributed by atoms with Crippen molar-refractivity contribution in [3.05, 3.63) is 15.1 Å². The third kappa shape index (κ3) is 3.12. The molecule has 1 N–H and O–H groups in total. The smallest absolute Gasteiger partial charge is 0.143 e. The third-order valence-corrected chi connectivity index (χ3v) is 4.20. The topological polar surface area (TPSA) is 47.0 Å². The predicted octanol–water partition coefficient (Wildman–Crippen LogP) is 2.97. The van der Waals surface area contributed by atoms with Crippen LogP contribution >= 0.6 is 22.6 Å². The number of nitrogens with zero attached hydrogens (tertiary/aromatic N) is 2. The lowest BCUT2D eigenvalue weighted by atomic mass is 10.1. The quantitative estimate of drug-likeness (QED) is 0.820. The molecule has 1 aliphatic rings. The molecule has 0 aliphatic carbocycles. The number of aromatic nitrogens is 2. The molecular formula is C13H20IN3O. The lowest BCUT2D eigenvalue weighted by Gasteiger charge is -2.14. The highest BCUT2D eigenvalue weighted by Crippen LogP contribution is 2.27. The number of rotatable bonds is 5. The minimum Gasteiger partial charge on any atom is -0.381 e. The minimum atomic E-state index is 0.370. The van der Waals surface area contributed by atoms with Crippen LogP contribution in [-0.2, 0) is 11.2 Å². The maximum atomic E-state index is 5.44. The lowest BCUT2D eigenvalue weighted by molar-refractivity contribution is 0.193. The predicted molar refractivity (Wildman–Crippen MR) is 81.1 cm³/mol. The van der Waals surface area contributed by atoms with Crippen molar-refractivity contribution in [1.29, 1.82) is 0 Å². The van der Waals surface area contributed by atoms with E-state index < -0.39 is 0 Å². The number of aryl methyl sites for hydroxylation is 1. The Morgan fingerprint density at radius 2 is 2.22 bits per heavy atom. The molecule has 2 heterocycles. The fraction of sp³-hybridized carbons (Fsp3) is 0.692. The van der Waals surface area contributed by atoms with E-state index in [9.17, 15) is 0 Å². The number of ether oxygens (including phenoxy) is 1. The summed E-state index contributed by atoms with van der Waals surface area (Å²) in [4.78, 5) is 9.43. The largest absolute Gasteiger partial charge is 0.381 e. The van der Waals surface area contributed by atoms with Crippen LogP contribution in [0, 0.1) is 3.57 Å². The zero-order chi connectivity index (χ0) is 13.0. The zero-order valence-electron chi connectivity index (χ0n) is 11.0. The summed E-state index contributed by atoms with van der Waals surface area (Å²) in [5.41, 5.74) is 1.17. The van der Waals surface area contributed by atoms with E-state index in [1.54, 1.807) is 0 Å². The summed E-state index contributed by atoms with van der Waals surface area (Å²) in [6, 6.07) is 0. The second-order valence-corrected chi connectivity index (χ2v) is 5.61. The molecule has 1 fully saturated rings. The van der Waals surface area contributed by atoms with E-state index in [-0.39, 0.29) is 0 Å². The average Bonchev–Trinajstić information content (AvgIpc) is 2.88. The highest BCUT2D eigenvalue weighted by Gasteiger charge is 2.23. The molecule has 1 unspecified atom stereocenters. The molecule has 0 radical (unpaired) electrons. The van der Waals surface area contributed by atoms with Crippen LogP contribution in [0.25, 0.3) is 0 Å². The van der Waals surface area contributed by atoms with Gasteiger partial charge in [0.1, 0.15) is 11.6 Å². The normalized spacial score (nSPS) is 19.2. The molecule has 2 rings (SSSR count). The van der Waals surface area contributed by atoms with Gasteiger partial charge >= 0.3 is 0 Å². The SMILES string of the molecule is CCCc1nc(C2CCOC2)nc(NCC)c1I. The Labute approximate surface area is 122 Å². The second kappa shape index (κ2) is 6.65. The van der Waals surface area contributed by atoms with Crippen LogP contribution in [-0.4, -0.2) is 29.7 Å². The van der Waals surface area contributed by atoms with Gasteiger partial charge in [-0.05, 0) is 42.4 Å². The van der Waals surface area contributed by atoms with Crippen molar-refractivity contribution < 1.29 is 4.74 Å². The number of hydrogen-bond donors (Lipinski definition) is 1. The highest BCUT2D eigenvalue weighted by molar-refractivity contribution is 14.1. The van der Waals surface area contributed by atoms with E-state index in [1.807, 2.05) is 0 Å². The van der Waals surface area contributed by atoms with Gasteiger partial charge in [0.2, 0.25) is 0 Å². The summed E-state index contributed by atoms with van der Waals surface area (Å²) < 4.78 is 6.60. The van der Waals surface area contributed by atoms with Gasteiger partial charge in [-0.15, -0.1) is 0 Å². The first-order chi connectivity index (χ1) is 8.76. The summed E-state index contributed by atoms with van der Waals surface area (Å²) in [6.45, 7) is 6.76. The van der Waals surface area contributed by atoms with Gasteiger partial charge in [0.15, 0.2) is 0 Å². The van der Waals surface area contributed by atoms with Crippen molar-refractivity contribution in [2.45, 2.75) is 39.0 Å². The first-order valence-electron chi connectivity index (χ1n) is 6.64. The second-order valence-electron chi connectivity index (χ2n) is 4.53. The first kappa shape index (κ1) is 14.0. The minimum absolute atomic E-state index is 0.370. The fourth-order valence-electron chi connectivity index (χ4n) is 2.12. The van der Waals surface area contributed by atoms with Gasteiger partial charge in [-0.2, -0.15) is 0 Å². The van der Waals surface area contributed by atoms with Gasteiger partial charge in [-0.3, -0.25) is 0 Å². The Bertz CT molecular complexity index is 378. The van der Waals surface area contributed by atoms with Crippen LogP contribution in [0.2, 0.25) is 0 Å². The van der Waals surface area contributed by atoms with Crippen LogP contribution in [0.15, 0.2) is 0 Å². The number of halogens is 1. The first-order valence-corrected chi connectivity index (χ1v) is 7.72. The zero-order valence-corrected chi connectivity index (χ0v) is 13.2. The van der Waals surface area contributed by atoms with Crippen LogP contribution < -0.4 is 5.32 Å². The standard InChI is InChI=1S/C13H20IN3O/c1-3-5-10-11(14)13(15-4-2)17-12(16-10)9-6-7-18-8-9/h9H,3-8H2,1-2H3,(H,15,16,17). The fourth-order valence-corrected chi connectivity index (χ4v) is 2.82. The molecule has 1 aliphatic heterocycles. The van der Waals surface area contributed by atoms with Crippen molar-refractivity contribution in [1.82, 2.24) is 9.97 Å². The van der Waals surface area contributed by atoms with Crippen molar-refractivity contribution >= 4 is 28.4 Å². The van der Waals surface area contributed by atoms with Crippen molar-refractivity contribution in [3.8, 4) is 0 Å². The summed E-state index contributed by atoms with van der Waals surface area (Å²) in [5.74, 6) is 2.31. The van der Waals surface area contributed by atoms with Gasteiger partial charge in [-0.1, -0.05) is 13.3 Å². The lowest BCUT2D eigenvalue weighted by Crippen LogP contribution is -2.13. The molecule has 1 saturated heterocycles. The van der Waals surface area contributed by atoms with Gasteiger partial charge in [0, 0.05) is 19.1 Å². The molecule has 1 aromatic rings. The van der Waals surface area contributed by atoms with E-state index >= 15 is 0 Å². The molecule has 1 aromatic heterocycles. The average molecular weight is 361 g/mol. The Morgan fingerprint density at radius 1 is 1.39 bits per heavy atom. The molecular weight excluding hydrogens is 341 g/mol. The molecule has 18 heavy (non-hydrogen) atoms. The molecule has 0 amide bonds. The van der Waals surface area contributed by atoms with Gasteiger partial charge in [0.05, 0.1) is 15.9 Å². The maximum Gasteiger partial charge on any atom is 0.143 e. The number of hydrogen-bond acceptors (Lipinski definition) is 4. The summed E-state index contributed by atoms with van der Waals surface area (Å²) in [6.07, 6.45) is 3.16. The molecule has 0 spiro atoms. The van der Waals surface area contributed by atoms with E-state index in [2.05, 4.69) is 46.7 Å². The van der Waals surface area contributed by atoms with E-state index in [0.717, 1.165) is 50.7 Å². The molecule has 4 nitrogen and oxygen atoms in total. The van der Waals surface area contributed by atoms with Gasteiger partial charge in [0.25, 0.3) is 0 Å². The molecule has 5 heteroatoms. The van der Waals surface area contributed by atoms with E-state index in [1.165, 1.54) is 9.26 Å². The Morgan fingerprint density at radius 3 is 2.83 bits per heavy atom. The monoisotopic (exact) mass is 361 g/mol. The summed E-state index contributed by atoms with van der Waals surface area (Å²) in [7, 11) is 0. The van der Waals surface area contributed by atoms with Crippen LogP contribution in [0.1, 0.15) is 44.1 Å². The Hall–Kier alpha value is -0.430. The van der Waals surface area contributed by atoms with Gasteiger partial charge in [-0.25, -0.2) is 9.97 Å². The van der Waals surface area contributed by atoms with Crippen LogP contribution in [0.3, 0.4) is 0 Å². The summed E-state index contributed by atoms with van der Waals surface area (Å²) >= 11 is 2.35. The molecule has 0 aromatic carbocycles. The number of anilines is 1. The molecule has 0 bridgehead atoms. The molecule has 100 valence electrons. The number of nitrogens with one attached hydrogen (secondary N) is 1. The third-order valence-electron chi connectivity index (χ3n) is 3.06. The van der Waals surface area contributed by atoms with Crippen molar-refractivity contribution in [2.75, 3.05) is 25.1 Å². The van der Waals surface area contributed by atoms with Gasteiger partial charge < -0.3 is 10.1 Å². The van der Waals surface area contributed by atoms with Crippen molar-refractivity contribution in [2.24, 2.45) is 0 Å². The van der Waals surface area contributed by atoms with Crippen LogP contribution in [0.5, 0.6) is 0 Å². The maximum absolute atomic E-state index is 5.44. The Balaban J connectivity index is 2.33. The van der Waals surface area contributed by atoms with Crippen molar-refractivity contribution in [3.63, 3.8) is 0 Å².